The lowest BCUT2D eigenvalue weighted by molar-refractivity contribution is 0.412. The first-order chi connectivity index (χ1) is 8.36. The van der Waals surface area contributed by atoms with E-state index in [0.717, 1.165) is 12.2 Å². The molecular weight excluding hydrogens is 210 g/mol. The molecule has 0 radical (unpaired) electrons. The highest BCUT2D eigenvalue weighted by molar-refractivity contribution is 5.53. The second-order valence-corrected chi connectivity index (χ2v) is 4.33. The first-order valence-corrected chi connectivity index (χ1v) is 5.86. The Kier molecular flexibility index (Phi) is 2.48. The van der Waals surface area contributed by atoms with E-state index in [1.165, 1.54) is 11.1 Å². The van der Waals surface area contributed by atoms with Crippen LogP contribution >= 0.6 is 0 Å². The molecule has 2 aromatic heterocycles. The summed E-state index contributed by atoms with van der Waals surface area (Å²) in [4.78, 5) is 0. The fourth-order valence-corrected chi connectivity index (χ4v) is 2.26. The molecule has 1 aliphatic rings. The number of methoxy groups -OCH3 is 1. The van der Waals surface area contributed by atoms with Crippen LogP contribution in [0.25, 0.3) is 5.52 Å². The average molecular weight is 225 g/mol. The van der Waals surface area contributed by atoms with Gasteiger partial charge in [-0.1, -0.05) is 24.3 Å². The normalized spacial score (nSPS) is 18.8. The standard InChI is InChI=1S/C15H15NO/c1-17-15-8-7-14-9-13(10-16(14)11-15)12-5-3-2-4-6-12/h2-5,7-12H,6H2,1H3. The maximum absolute atomic E-state index is 5.23. The second-order valence-electron chi connectivity index (χ2n) is 4.33. The number of fused-ring (bicyclic) bond motifs is 1. The lowest BCUT2D eigenvalue weighted by atomic mass is 9.95. The van der Waals surface area contributed by atoms with Crippen LogP contribution in [0, 0.1) is 0 Å². The van der Waals surface area contributed by atoms with Crippen molar-refractivity contribution in [3.63, 3.8) is 0 Å². The third-order valence-electron chi connectivity index (χ3n) is 3.23. The molecule has 0 saturated heterocycles. The van der Waals surface area contributed by atoms with Gasteiger partial charge in [0.2, 0.25) is 0 Å². The lowest BCUT2D eigenvalue weighted by Crippen LogP contribution is -1.93. The van der Waals surface area contributed by atoms with Gasteiger partial charge >= 0.3 is 0 Å². The van der Waals surface area contributed by atoms with E-state index in [2.05, 4.69) is 47.0 Å². The maximum atomic E-state index is 5.23. The monoisotopic (exact) mass is 225 g/mol. The molecule has 0 N–H and O–H groups in total. The molecule has 17 heavy (non-hydrogen) atoms. The Hall–Kier alpha value is -1.96. The van der Waals surface area contributed by atoms with E-state index < -0.39 is 0 Å². The van der Waals surface area contributed by atoms with Gasteiger partial charge in [0.25, 0.3) is 0 Å². The van der Waals surface area contributed by atoms with Crippen LogP contribution in [0.1, 0.15) is 17.9 Å². The summed E-state index contributed by atoms with van der Waals surface area (Å²) in [6, 6.07) is 6.33. The summed E-state index contributed by atoms with van der Waals surface area (Å²) in [6.07, 6.45) is 14.0. The van der Waals surface area contributed by atoms with E-state index >= 15 is 0 Å². The molecule has 0 saturated carbocycles. The van der Waals surface area contributed by atoms with Gasteiger partial charge in [0, 0.05) is 17.6 Å². The van der Waals surface area contributed by atoms with Crippen molar-refractivity contribution in [2.24, 2.45) is 0 Å². The van der Waals surface area contributed by atoms with Crippen LogP contribution in [0.2, 0.25) is 0 Å². The maximum Gasteiger partial charge on any atom is 0.135 e. The van der Waals surface area contributed by atoms with Gasteiger partial charge in [-0.25, -0.2) is 0 Å². The molecule has 2 heterocycles. The van der Waals surface area contributed by atoms with Gasteiger partial charge in [0.15, 0.2) is 0 Å². The minimum atomic E-state index is 0.505. The molecule has 86 valence electrons. The minimum absolute atomic E-state index is 0.505. The predicted molar refractivity (Wildman–Crippen MR) is 69.6 cm³/mol. The van der Waals surface area contributed by atoms with Gasteiger partial charge in [-0.3, -0.25) is 0 Å². The van der Waals surface area contributed by atoms with Crippen LogP contribution in [0.4, 0.5) is 0 Å². The number of rotatable bonds is 2. The van der Waals surface area contributed by atoms with E-state index in [1.807, 2.05) is 12.3 Å². The van der Waals surface area contributed by atoms with Gasteiger partial charge in [0.1, 0.15) is 5.75 Å². The summed E-state index contributed by atoms with van der Waals surface area (Å²) in [6.45, 7) is 0. The highest BCUT2D eigenvalue weighted by Gasteiger charge is 2.10. The highest BCUT2D eigenvalue weighted by atomic mass is 16.5. The molecule has 1 aliphatic carbocycles. The van der Waals surface area contributed by atoms with Crippen molar-refractivity contribution in [1.29, 1.82) is 0 Å². The molecule has 0 aliphatic heterocycles. The molecule has 2 aromatic rings. The second kappa shape index (κ2) is 4.13. The van der Waals surface area contributed by atoms with E-state index in [4.69, 9.17) is 4.74 Å². The zero-order chi connectivity index (χ0) is 11.7. The Bertz CT molecular complexity index is 592. The summed E-state index contributed by atoms with van der Waals surface area (Å²) in [7, 11) is 1.69. The molecule has 0 bridgehead atoms. The van der Waals surface area contributed by atoms with Crippen molar-refractivity contribution in [1.82, 2.24) is 4.40 Å². The number of allylic oxidation sites excluding steroid dienone is 4. The van der Waals surface area contributed by atoms with Gasteiger partial charge in [-0.05, 0) is 30.2 Å². The summed E-state index contributed by atoms with van der Waals surface area (Å²) in [5.74, 6) is 1.39. The van der Waals surface area contributed by atoms with Crippen molar-refractivity contribution in [3.8, 4) is 5.75 Å². The fourth-order valence-electron chi connectivity index (χ4n) is 2.26. The Balaban J connectivity index is 2.01. The lowest BCUT2D eigenvalue weighted by Gasteiger charge is -2.10. The van der Waals surface area contributed by atoms with Crippen molar-refractivity contribution < 1.29 is 4.74 Å². The number of ether oxygens (including phenoxy) is 1. The number of hydrogen-bond donors (Lipinski definition) is 0. The quantitative estimate of drug-likeness (QED) is 0.762. The minimum Gasteiger partial charge on any atom is -0.495 e. The molecule has 2 heteroatoms. The number of nitrogens with zero attached hydrogens (tertiary/aromatic N) is 1. The van der Waals surface area contributed by atoms with Crippen molar-refractivity contribution in [2.45, 2.75) is 12.3 Å². The third-order valence-corrected chi connectivity index (χ3v) is 3.23. The number of aromatic nitrogens is 1. The molecular formula is C15H15NO. The predicted octanol–water partition coefficient (Wildman–Crippen LogP) is 3.55. The van der Waals surface area contributed by atoms with Crippen molar-refractivity contribution in [3.05, 3.63) is 60.5 Å². The van der Waals surface area contributed by atoms with Crippen LogP contribution in [-0.2, 0) is 0 Å². The number of hydrogen-bond acceptors (Lipinski definition) is 1. The van der Waals surface area contributed by atoms with Crippen LogP contribution in [0.15, 0.2) is 54.9 Å². The van der Waals surface area contributed by atoms with Crippen LogP contribution in [0.5, 0.6) is 5.75 Å². The van der Waals surface area contributed by atoms with Gasteiger partial charge < -0.3 is 9.14 Å². The first-order valence-electron chi connectivity index (χ1n) is 5.86. The largest absolute Gasteiger partial charge is 0.495 e. The molecule has 0 amide bonds. The van der Waals surface area contributed by atoms with Crippen LogP contribution < -0.4 is 4.74 Å². The molecule has 3 rings (SSSR count). The van der Waals surface area contributed by atoms with Crippen molar-refractivity contribution >= 4 is 5.52 Å². The number of pyridine rings is 1. The van der Waals surface area contributed by atoms with Crippen LogP contribution in [0.3, 0.4) is 0 Å². The summed E-state index contributed by atoms with van der Waals surface area (Å²) in [5, 5.41) is 0. The molecule has 0 spiro atoms. The topological polar surface area (TPSA) is 13.6 Å². The fraction of sp³-hybridized carbons (Fsp3) is 0.200. The Labute approximate surface area is 101 Å². The van der Waals surface area contributed by atoms with Gasteiger partial charge in [-0.2, -0.15) is 0 Å². The SMILES string of the molecule is COc1ccc2cc(C3C=CC=CC3)cn2c1. The van der Waals surface area contributed by atoms with E-state index in [9.17, 15) is 0 Å². The molecule has 1 unspecified atom stereocenters. The molecule has 2 nitrogen and oxygen atoms in total. The Morgan fingerprint density at radius 2 is 2.18 bits per heavy atom. The summed E-state index contributed by atoms with van der Waals surface area (Å²) < 4.78 is 7.36. The first kappa shape index (κ1) is 10.2. The Morgan fingerprint density at radius 3 is 2.94 bits per heavy atom. The van der Waals surface area contributed by atoms with E-state index in [1.54, 1.807) is 7.11 Å². The zero-order valence-corrected chi connectivity index (χ0v) is 9.84. The smallest absolute Gasteiger partial charge is 0.135 e. The zero-order valence-electron chi connectivity index (χ0n) is 9.84. The third kappa shape index (κ3) is 1.86. The summed E-state index contributed by atoms with van der Waals surface area (Å²) in [5.41, 5.74) is 2.57. The van der Waals surface area contributed by atoms with Gasteiger partial charge in [0.05, 0.1) is 13.3 Å². The average Bonchev–Trinajstić information content (AvgIpc) is 2.82. The van der Waals surface area contributed by atoms with E-state index in [0.29, 0.717) is 5.92 Å². The van der Waals surface area contributed by atoms with Crippen LogP contribution in [-0.4, -0.2) is 11.5 Å². The summed E-state index contributed by atoms with van der Waals surface area (Å²) >= 11 is 0. The highest BCUT2D eigenvalue weighted by Crippen LogP contribution is 2.27. The van der Waals surface area contributed by atoms with Gasteiger partial charge in [-0.15, -0.1) is 0 Å². The van der Waals surface area contributed by atoms with E-state index in [-0.39, 0.29) is 0 Å². The molecule has 0 aromatic carbocycles. The molecule has 1 atom stereocenters. The Morgan fingerprint density at radius 1 is 1.24 bits per heavy atom. The van der Waals surface area contributed by atoms with Crippen molar-refractivity contribution in [2.75, 3.05) is 7.11 Å². The molecule has 0 fully saturated rings.